The Bertz CT molecular complexity index is 1050. The normalized spacial score (nSPS) is 20.7. The Kier molecular flexibility index (Phi) is 6.16. The summed E-state index contributed by atoms with van der Waals surface area (Å²) < 4.78 is 23.9. The average Bonchev–Trinajstić information content (AvgIpc) is 3.13. The molecule has 0 aromatic heterocycles. The molecule has 0 radical (unpaired) electrons. The van der Waals surface area contributed by atoms with Gasteiger partial charge < -0.3 is 4.90 Å². The second kappa shape index (κ2) is 8.98. The van der Waals surface area contributed by atoms with E-state index in [2.05, 4.69) is 23.1 Å². The fraction of sp³-hybridized carbons (Fsp3) is 0.292. The Morgan fingerprint density at radius 1 is 1.03 bits per heavy atom. The maximum Gasteiger partial charge on any atom is 0.237 e. The highest BCUT2D eigenvalue weighted by Crippen LogP contribution is 2.23. The highest BCUT2D eigenvalue weighted by Gasteiger charge is 2.31. The lowest BCUT2D eigenvalue weighted by Gasteiger charge is -2.32. The summed E-state index contributed by atoms with van der Waals surface area (Å²) in [4.78, 5) is 17.0. The van der Waals surface area contributed by atoms with Crippen molar-refractivity contribution in [1.29, 1.82) is 0 Å². The Balaban J connectivity index is 1.44. The number of carbonyl (C=O) groups excluding carboxylic acids is 1. The van der Waals surface area contributed by atoms with Crippen LogP contribution in [0.4, 0.5) is 0 Å². The first-order chi connectivity index (χ1) is 14.5. The molecule has 2 aliphatic heterocycles. The van der Waals surface area contributed by atoms with Crippen LogP contribution in [0.15, 0.2) is 78.2 Å². The smallest absolute Gasteiger partial charge is 0.237 e. The Labute approximate surface area is 178 Å². The molecule has 1 amide bonds. The van der Waals surface area contributed by atoms with Gasteiger partial charge in [0.05, 0.1) is 18.3 Å². The molecule has 6 heteroatoms. The fourth-order valence-corrected chi connectivity index (χ4v) is 5.27. The molecular weight excluding hydrogens is 396 g/mol. The molecule has 0 spiro atoms. The third-order valence-corrected chi connectivity index (χ3v) is 7.00. The van der Waals surface area contributed by atoms with Gasteiger partial charge in [-0.25, -0.2) is 8.42 Å². The molecule has 0 bridgehead atoms. The molecule has 0 unspecified atom stereocenters. The molecular formula is C24H26N2O3S. The number of carbonyl (C=O) groups is 1. The van der Waals surface area contributed by atoms with Crippen LogP contribution in [0.1, 0.15) is 17.5 Å². The van der Waals surface area contributed by atoms with Crippen molar-refractivity contribution in [2.75, 3.05) is 25.4 Å². The molecule has 0 saturated heterocycles. The molecule has 2 aliphatic rings. The topological polar surface area (TPSA) is 57.7 Å². The summed E-state index contributed by atoms with van der Waals surface area (Å²) in [5.74, 6) is -0.0777. The van der Waals surface area contributed by atoms with Gasteiger partial charge in [0, 0.05) is 25.0 Å². The van der Waals surface area contributed by atoms with Crippen molar-refractivity contribution in [2.45, 2.75) is 19.0 Å². The van der Waals surface area contributed by atoms with Gasteiger partial charge in [0.25, 0.3) is 0 Å². The molecule has 2 aromatic rings. The monoisotopic (exact) mass is 422 g/mol. The van der Waals surface area contributed by atoms with Gasteiger partial charge in [-0.3, -0.25) is 9.69 Å². The molecule has 0 fully saturated rings. The van der Waals surface area contributed by atoms with Crippen LogP contribution in [0.25, 0.3) is 5.57 Å². The number of rotatable bonds is 6. The van der Waals surface area contributed by atoms with Crippen molar-refractivity contribution in [1.82, 2.24) is 9.80 Å². The maximum absolute atomic E-state index is 13.2. The molecule has 4 rings (SSSR count). The van der Waals surface area contributed by atoms with Gasteiger partial charge >= 0.3 is 0 Å². The van der Waals surface area contributed by atoms with Gasteiger partial charge in [0.15, 0.2) is 9.84 Å². The van der Waals surface area contributed by atoms with Crippen molar-refractivity contribution in [3.8, 4) is 0 Å². The summed E-state index contributed by atoms with van der Waals surface area (Å²) in [6.45, 7) is 2.22. The zero-order valence-electron chi connectivity index (χ0n) is 16.9. The quantitative estimate of drug-likeness (QED) is 0.718. The summed E-state index contributed by atoms with van der Waals surface area (Å²) in [5.41, 5.74) is 3.54. The third-order valence-electron chi connectivity index (χ3n) is 5.62. The molecule has 2 aromatic carbocycles. The maximum atomic E-state index is 13.2. The molecule has 0 saturated carbocycles. The first kappa shape index (κ1) is 20.6. The minimum absolute atomic E-state index is 0.0381. The fourth-order valence-electron chi connectivity index (χ4n) is 3.98. The van der Waals surface area contributed by atoms with E-state index >= 15 is 0 Å². The number of hydrogen-bond acceptors (Lipinski definition) is 4. The van der Waals surface area contributed by atoms with Crippen molar-refractivity contribution in [2.24, 2.45) is 0 Å². The number of nitrogens with zero attached hydrogens (tertiary/aromatic N) is 2. The van der Waals surface area contributed by atoms with Crippen LogP contribution in [-0.2, 0) is 21.2 Å². The summed E-state index contributed by atoms with van der Waals surface area (Å²) in [6.07, 6.45) is 4.72. The molecule has 0 N–H and O–H groups in total. The van der Waals surface area contributed by atoms with Crippen LogP contribution >= 0.6 is 0 Å². The predicted molar refractivity (Wildman–Crippen MR) is 119 cm³/mol. The Hall–Kier alpha value is -2.70. The van der Waals surface area contributed by atoms with Crippen molar-refractivity contribution in [3.05, 3.63) is 89.4 Å². The zero-order valence-corrected chi connectivity index (χ0v) is 17.7. The van der Waals surface area contributed by atoms with E-state index in [4.69, 9.17) is 0 Å². The Morgan fingerprint density at radius 2 is 1.73 bits per heavy atom. The second-order valence-electron chi connectivity index (χ2n) is 7.81. The lowest BCUT2D eigenvalue weighted by Crippen LogP contribution is -2.46. The highest BCUT2D eigenvalue weighted by molar-refractivity contribution is 7.94. The molecule has 1 atom stereocenters. The van der Waals surface area contributed by atoms with E-state index < -0.39 is 15.9 Å². The molecule has 5 nitrogen and oxygen atoms in total. The summed E-state index contributed by atoms with van der Waals surface area (Å²) in [5, 5.41) is 1.23. The van der Waals surface area contributed by atoms with Crippen LogP contribution < -0.4 is 0 Å². The number of benzene rings is 2. The van der Waals surface area contributed by atoms with Crippen molar-refractivity contribution in [3.63, 3.8) is 0 Å². The van der Waals surface area contributed by atoms with Crippen LogP contribution in [0, 0.1) is 0 Å². The first-order valence-electron chi connectivity index (χ1n) is 10.2. The molecule has 30 heavy (non-hydrogen) atoms. The zero-order chi connectivity index (χ0) is 21.0. The van der Waals surface area contributed by atoms with E-state index in [9.17, 15) is 13.2 Å². The highest BCUT2D eigenvalue weighted by atomic mass is 32.2. The van der Waals surface area contributed by atoms with Crippen molar-refractivity contribution >= 4 is 21.3 Å². The predicted octanol–water partition coefficient (Wildman–Crippen LogP) is 3.12. The standard InChI is InChI=1S/C24H26N2O3S/c27-24(18-25-14-11-22(12-15-25)21-9-5-2-6-10-21)26(17-20-7-3-1-4-8-20)23-13-16-30(28,29)19-23/h1-11,13,16,23H,12,14-15,17-19H2/t23-/m1/s1. The number of sulfone groups is 1. The minimum Gasteiger partial charge on any atom is -0.330 e. The van der Waals surface area contributed by atoms with E-state index in [-0.39, 0.29) is 18.2 Å². The van der Waals surface area contributed by atoms with Crippen molar-refractivity contribution < 1.29 is 13.2 Å². The van der Waals surface area contributed by atoms with E-state index in [1.54, 1.807) is 11.0 Å². The SMILES string of the molecule is O=C(CN1CC=C(c2ccccc2)CC1)N(Cc1ccccc1)[C@@H]1C=CS(=O)(=O)C1. The van der Waals surface area contributed by atoms with Gasteiger partial charge in [-0.1, -0.05) is 66.7 Å². The third kappa shape index (κ3) is 5.07. The summed E-state index contributed by atoms with van der Waals surface area (Å²) in [6, 6.07) is 19.6. The lowest BCUT2D eigenvalue weighted by atomic mass is 9.99. The van der Waals surface area contributed by atoms with E-state index in [0.717, 1.165) is 18.5 Å². The van der Waals surface area contributed by atoms with E-state index in [0.29, 0.717) is 13.1 Å². The van der Waals surface area contributed by atoms with Crippen LogP contribution in [0.3, 0.4) is 0 Å². The second-order valence-corrected chi connectivity index (χ2v) is 9.74. The van der Waals surface area contributed by atoms with Gasteiger partial charge in [0.1, 0.15) is 0 Å². The lowest BCUT2D eigenvalue weighted by molar-refractivity contribution is -0.134. The molecule has 0 aliphatic carbocycles. The van der Waals surface area contributed by atoms with E-state index in [1.807, 2.05) is 48.5 Å². The Morgan fingerprint density at radius 3 is 2.33 bits per heavy atom. The average molecular weight is 423 g/mol. The molecule has 2 heterocycles. The van der Waals surface area contributed by atoms with Crippen LogP contribution in [-0.4, -0.2) is 55.6 Å². The first-order valence-corrected chi connectivity index (χ1v) is 11.9. The molecule has 156 valence electrons. The van der Waals surface area contributed by atoms with Crippen LogP contribution in [0.2, 0.25) is 0 Å². The largest absolute Gasteiger partial charge is 0.330 e. The number of hydrogen-bond donors (Lipinski definition) is 0. The summed E-state index contributed by atoms with van der Waals surface area (Å²) in [7, 11) is -3.23. The van der Waals surface area contributed by atoms with Gasteiger partial charge in [-0.05, 0) is 29.2 Å². The van der Waals surface area contributed by atoms with Gasteiger partial charge in [0.2, 0.25) is 5.91 Å². The summed E-state index contributed by atoms with van der Waals surface area (Å²) >= 11 is 0. The minimum atomic E-state index is -3.23. The van der Waals surface area contributed by atoms with E-state index in [1.165, 1.54) is 16.5 Å². The van der Waals surface area contributed by atoms with Gasteiger partial charge in [-0.2, -0.15) is 0 Å². The van der Waals surface area contributed by atoms with Crippen LogP contribution in [0.5, 0.6) is 0 Å². The number of amides is 1. The van der Waals surface area contributed by atoms with Gasteiger partial charge in [-0.15, -0.1) is 0 Å².